The molecular formula is C39H40Zr. The van der Waals surface area contributed by atoms with Crippen LogP contribution >= 0.6 is 0 Å². The molecular weight excluding hydrogens is 560 g/mol. The molecule has 0 radical (unpaired) electrons. The van der Waals surface area contributed by atoms with Gasteiger partial charge in [-0.2, -0.15) is 11.6 Å². The molecule has 0 bridgehead atoms. The van der Waals surface area contributed by atoms with Gasteiger partial charge in [-0.1, -0.05) is 94.7 Å². The van der Waals surface area contributed by atoms with E-state index in [1.165, 1.54) is 84.9 Å². The van der Waals surface area contributed by atoms with Crippen LogP contribution in [0.15, 0.2) is 133 Å². The van der Waals surface area contributed by atoms with Gasteiger partial charge in [0.2, 0.25) is 0 Å². The summed E-state index contributed by atoms with van der Waals surface area (Å²) in [5.74, 6) is 0.592. The van der Waals surface area contributed by atoms with E-state index in [2.05, 4.69) is 161 Å². The molecule has 0 fully saturated rings. The number of allylic oxidation sites excluding steroid dienone is 4. The molecule has 1 atom stereocenters. The summed E-state index contributed by atoms with van der Waals surface area (Å²) in [6.07, 6.45) is 11.9. The monoisotopic (exact) mass is 598 g/mol. The first-order valence-electron chi connectivity index (χ1n) is 14.4. The third kappa shape index (κ3) is 8.25. The maximum atomic E-state index is 3.43. The third-order valence-electron chi connectivity index (χ3n) is 7.22. The number of unbranched alkanes of at least 4 members (excludes halogenated alkanes) is 1. The number of rotatable bonds is 5. The van der Waals surface area contributed by atoms with Crippen molar-refractivity contribution < 1.29 is 24.2 Å². The quantitative estimate of drug-likeness (QED) is 0.176. The number of fused-ring (bicyclic) bond motifs is 3. The van der Waals surface area contributed by atoms with Crippen molar-refractivity contribution in [1.82, 2.24) is 0 Å². The van der Waals surface area contributed by atoms with Crippen LogP contribution in [0.4, 0.5) is 0 Å². The van der Waals surface area contributed by atoms with E-state index < -0.39 is 0 Å². The Hall–Kier alpha value is -3.02. The topological polar surface area (TPSA) is 0 Å². The van der Waals surface area contributed by atoms with Gasteiger partial charge < -0.3 is 0 Å². The zero-order valence-electron chi connectivity index (χ0n) is 24.3. The molecule has 1 unspecified atom stereocenters. The standard InChI is InChI=1S/C13H9.C13H10.C13H21.Zr/c1-3-7-12-10(5-1)9-11-6-2-4-8-13(11)12;1-3-7-12(8-4-1)11-13-9-5-2-6-10-13;1-5-6-7-11-8-9-12(10-11)13(2,3)4;/h1-9H;1-10H;9-11H,5-7H2,1-4H3;/q-1;;-1;+2. The number of hydrogen-bond acceptors (Lipinski definition) is 0. The average Bonchev–Trinajstić information content (AvgIpc) is 3.63. The fourth-order valence-electron chi connectivity index (χ4n) is 4.85. The van der Waals surface area contributed by atoms with Gasteiger partial charge in [0.1, 0.15) is 0 Å². The van der Waals surface area contributed by atoms with Crippen molar-refractivity contribution >= 4 is 24.8 Å². The molecule has 0 saturated heterocycles. The van der Waals surface area contributed by atoms with Gasteiger partial charge in [-0.3, -0.25) is 6.08 Å². The number of hydrogen-bond donors (Lipinski definition) is 0. The van der Waals surface area contributed by atoms with Gasteiger partial charge in [0.25, 0.3) is 0 Å². The molecule has 0 amide bonds. The first-order valence-corrected chi connectivity index (χ1v) is 15.6. The minimum Gasteiger partial charge on any atom is -0.126 e. The Morgan fingerprint density at radius 3 is 1.65 bits per heavy atom. The van der Waals surface area contributed by atoms with E-state index in [9.17, 15) is 0 Å². The molecule has 5 aromatic carbocycles. The SMILES string of the molecule is CCCCC1[C-]=CC(C(C)(C)C)=C1.[Zr+2]=[C](c1ccccc1)c1ccccc1.c1ccc2c(c1)[cH-]c1ccccc12. The largest absolute Gasteiger partial charge is 0.126 e. The molecule has 40 heavy (non-hydrogen) atoms. The maximum absolute atomic E-state index is 3.43. The Labute approximate surface area is 256 Å². The van der Waals surface area contributed by atoms with Gasteiger partial charge in [-0.25, -0.2) is 6.08 Å². The molecule has 0 aliphatic heterocycles. The van der Waals surface area contributed by atoms with Gasteiger partial charge >= 0.3 is 99.2 Å². The average molecular weight is 600 g/mol. The van der Waals surface area contributed by atoms with Crippen molar-refractivity contribution in [3.8, 4) is 0 Å². The molecule has 6 rings (SSSR count). The molecule has 0 heterocycles. The van der Waals surface area contributed by atoms with Crippen LogP contribution in [0.5, 0.6) is 0 Å². The van der Waals surface area contributed by atoms with E-state index in [-0.39, 0.29) is 0 Å². The van der Waals surface area contributed by atoms with Crippen LogP contribution in [0, 0.1) is 17.4 Å². The van der Waals surface area contributed by atoms with Crippen LogP contribution < -0.4 is 0 Å². The molecule has 5 aromatic rings. The Morgan fingerprint density at radius 2 is 1.20 bits per heavy atom. The second-order valence-electron chi connectivity index (χ2n) is 11.4. The summed E-state index contributed by atoms with van der Waals surface area (Å²) in [6, 6.07) is 40.4. The van der Waals surface area contributed by atoms with E-state index in [1.54, 1.807) is 0 Å². The second kappa shape index (κ2) is 14.6. The van der Waals surface area contributed by atoms with E-state index in [1.807, 2.05) is 0 Å². The maximum Gasteiger partial charge on any atom is -0.0771 e. The summed E-state index contributed by atoms with van der Waals surface area (Å²) in [7, 11) is 0. The first kappa shape index (κ1) is 30.0. The molecule has 0 nitrogen and oxygen atoms in total. The summed E-state index contributed by atoms with van der Waals surface area (Å²) in [5, 5.41) is 5.39. The first-order chi connectivity index (χ1) is 19.4. The van der Waals surface area contributed by atoms with E-state index >= 15 is 0 Å². The third-order valence-corrected chi connectivity index (χ3v) is 8.64. The van der Waals surface area contributed by atoms with E-state index in [0.717, 1.165) is 0 Å². The smallest absolute Gasteiger partial charge is 0.0771 e. The Kier molecular flexibility index (Phi) is 10.9. The fraction of sp³-hybridized carbons (Fsp3) is 0.231. The van der Waals surface area contributed by atoms with Crippen molar-refractivity contribution in [3.63, 3.8) is 0 Å². The van der Waals surface area contributed by atoms with E-state index in [0.29, 0.717) is 11.3 Å². The molecule has 0 N–H and O–H groups in total. The molecule has 1 heteroatoms. The second-order valence-corrected chi connectivity index (χ2v) is 12.6. The van der Waals surface area contributed by atoms with Crippen LogP contribution in [-0.2, 0) is 24.2 Å². The van der Waals surface area contributed by atoms with Crippen LogP contribution in [-0.4, -0.2) is 3.21 Å². The zero-order chi connectivity index (χ0) is 28.4. The zero-order valence-corrected chi connectivity index (χ0v) is 26.8. The van der Waals surface area contributed by atoms with Crippen molar-refractivity contribution in [2.75, 3.05) is 0 Å². The summed E-state index contributed by atoms with van der Waals surface area (Å²) in [4.78, 5) is 0. The molecule has 1 aliphatic rings. The minimum absolute atomic E-state index is 0.300. The summed E-state index contributed by atoms with van der Waals surface area (Å²) in [5.41, 5.74) is 4.41. The van der Waals surface area contributed by atoms with Gasteiger partial charge in [-0.05, 0) is 0 Å². The molecule has 0 aromatic heterocycles. The van der Waals surface area contributed by atoms with Gasteiger partial charge in [0.05, 0.1) is 0 Å². The Morgan fingerprint density at radius 1 is 0.725 bits per heavy atom. The summed E-state index contributed by atoms with van der Waals surface area (Å²) in [6.45, 7) is 9.03. The fourth-order valence-corrected chi connectivity index (χ4v) is 5.67. The normalized spacial score (nSPS) is 14.2. The molecule has 0 saturated carbocycles. The van der Waals surface area contributed by atoms with Crippen LogP contribution in [0.25, 0.3) is 21.5 Å². The van der Waals surface area contributed by atoms with Crippen LogP contribution in [0.2, 0.25) is 0 Å². The molecule has 200 valence electrons. The number of benzene rings is 4. The summed E-state index contributed by atoms with van der Waals surface area (Å²) < 4.78 is 1.42. The molecule has 1 aliphatic carbocycles. The van der Waals surface area contributed by atoms with Gasteiger partial charge in [0, 0.05) is 0 Å². The summed E-state index contributed by atoms with van der Waals surface area (Å²) >= 11 is 1.46. The van der Waals surface area contributed by atoms with Gasteiger partial charge in [0.15, 0.2) is 0 Å². The predicted octanol–water partition coefficient (Wildman–Crippen LogP) is 10.7. The predicted molar refractivity (Wildman–Crippen MR) is 172 cm³/mol. The molecule has 0 spiro atoms. The van der Waals surface area contributed by atoms with E-state index in [4.69, 9.17) is 0 Å². The van der Waals surface area contributed by atoms with Crippen molar-refractivity contribution in [1.29, 1.82) is 0 Å². The Bertz CT molecular complexity index is 1470. The Balaban J connectivity index is 0.000000139. The minimum atomic E-state index is 0.300. The van der Waals surface area contributed by atoms with Crippen molar-refractivity contribution in [3.05, 3.63) is 150 Å². The van der Waals surface area contributed by atoms with Crippen LogP contribution in [0.1, 0.15) is 58.1 Å². The van der Waals surface area contributed by atoms with Gasteiger partial charge in [-0.15, -0.1) is 39.7 Å². The van der Waals surface area contributed by atoms with Crippen LogP contribution in [0.3, 0.4) is 0 Å². The van der Waals surface area contributed by atoms with Crippen molar-refractivity contribution in [2.45, 2.75) is 47.0 Å². The van der Waals surface area contributed by atoms with Crippen molar-refractivity contribution in [2.24, 2.45) is 11.3 Å².